The van der Waals surface area contributed by atoms with Gasteiger partial charge in [0.2, 0.25) is 5.91 Å². The number of carbonyl (C=O) groups is 1. The lowest BCUT2D eigenvalue weighted by atomic mass is 10.1. The molecule has 1 aromatic carbocycles. The minimum Gasteiger partial charge on any atom is -0.504 e. The van der Waals surface area contributed by atoms with Crippen LogP contribution in [-0.2, 0) is 11.3 Å². The highest BCUT2D eigenvalue weighted by Crippen LogP contribution is 2.39. The molecular weight excluding hydrogens is 312 g/mol. The summed E-state index contributed by atoms with van der Waals surface area (Å²) < 4.78 is 5.70. The van der Waals surface area contributed by atoms with Crippen molar-refractivity contribution in [1.29, 1.82) is 0 Å². The number of hydrogen-bond acceptors (Lipinski definition) is 5. The number of ether oxygens (including phenoxy) is 1. The van der Waals surface area contributed by atoms with Gasteiger partial charge in [-0.15, -0.1) is 11.3 Å². The SMILES string of the molecule is Cc1ccc(-c2cc(O)c3c(c2)CN(C(C)C(N)=O)CCO3)s1. The van der Waals surface area contributed by atoms with Gasteiger partial charge in [-0.25, -0.2) is 0 Å². The van der Waals surface area contributed by atoms with E-state index in [1.54, 1.807) is 24.3 Å². The standard InChI is InChI=1S/C17H20N2O3S/c1-10-3-4-15(23-10)12-7-13-9-19(11(2)17(18)21)5-6-22-16(13)14(20)8-12/h3-4,7-8,11,20H,5-6,9H2,1-2H3,(H2,18,21). The first-order valence-corrected chi connectivity index (χ1v) is 8.36. The van der Waals surface area contributed by atoms with Crippen LogP contribution in [0.15, 0.2) is 24.3 Å². The van der Waals surface area contributed by atoms with Crippen LogP contribution in [0.1, 0.15) is 17.4 Å². The molecule has 0 aliphatic carbocycles. The molecule has 1 unspecified atom stereocenters. The van der Waals surface area contributed by atoms with Gasteiger partial charge in [-0.2, -0.15) is 0 Å². The zero-order valence-corrected chi connectivity index (χ0v) is 14.0. The quantitative estimate of drug-likeness (QED) is 0.905. The van der Waals surface area contributed by atoms with Crippen LogP contribution in [0.4, 0.5) is 0 Å². The molecule has 0 bridgehead atoms. The Morgan fingerprint density at radius 1 is 1.43 bits per heavy atom. The van der Waals surface area contributed by atoms with Crippen LogP contribution in [0.2, 0.25) is 0 Å². The summed E-state index contributed by atoms with van der Waals surface area (Å²) in [6.45, 7) is 5.36. The van der Waals surface area contributed by atoms with E-state index in [9.17, 15) is 9.90 Å². The number of phenolic OH excluding ortho intramolecular Hbond substituents is 1. The summed E-state index contributed by atoms with van der Waals surface area (Å²) in [6, 6.07) is 7.48. The second-order valence-electron chi connectivity index (χ2n) is 5.79. The molecule has 1 aromatic heterocycles. The number of benzene rings is 1. The minimum absolute atomic E-state index is 0.136. The van der Waals surface area contributed by atoms with Crippen LogP contribution in [0, 0.1) is 6.92 Å². The molecule has 6 heteroatoms. The van der Waals surface area contributed by atoms with Crippen LogP contribution in [0.5, 0.6) is 11.5 Å². The third-order valence-electron chi connectivity index (χ3n) is 4.13. The van der Waals surface area contributed by atoms with Gasteiger partial charge in [-0.1, -0.05) is 0 Å². The second kappa shape index (κ2) is 6.22. The molecule has 1 atom stereocenters. The highest BCUT2D eigenvalue weighted by atomic mass is 32.1. The van der Waals surface area contributed by atoms with E-state index < -0.39 is 0 Å². The number of carbonyl (C=O) groups excluding carboxylic acids is 1. The summed E-state index contributed by atoms with van der Waals surface area (Å²) in [7, 11) is 0. The maximum atomic E-state index is 11.5. The predicted octanol–water partition coefficient (Wildman–Crippen LogP) is 2.50. The fraction of sp³-hybridized carbons (Fsp3) is 0.353. The molecule has 0 fully saturated rings. The molecule has 0 saturated heterocycles. The number of fused-ring (bicyclic) bond motifs is 1. The number of nitrogens with two attached hydrogens (primary N) is 1. The fourth-order valence-corrected chi connectivity index (χ4v) is 3.62. The van der Waals surface area contributed by atoms with Gasteiger partial charge >= 0.3 is 0 Å². The highest BCUT2D eigenvalue weighted by Gasteiger charge is 2.25. The minimum atomic E-state index is -0.376. The molecule has 0 radical (unpaired) electrons. The summed E-state index contributed by atoms with van der Waals surface area (Å²) >= 11 is 1.68. The van der Waals surface area contributed by atoms with Crippen molar-refractivity contribution in [2.75, 3.05) is 13.2 Å². The molecular formula is C17H20N2O3S. The van der Waals surface area contributed by atoms with Crippen LogP contribution in [0.3, 0.4) is 0 Å². The van der Waals surface area contributed by atoms with Gasteiger partial charge < -0.3 is 15.6 Å². The maximum Gasteiger partial charge on any atom is 0.234 e. The summed E-state index contributed by atoms with van der Waals surface area (Å²) in [5, 5.41) is 10.3. The molecule has 0 spiro atoms. The van der Waals surface area contributed by atoms with Crippen LogP contribution in [0.25, 0.3) is 10.4 Å². The van der Waals surface area contributed by atoms with E-state index in [1.165, 1.54) is 4.88 Å². The molecule has 2 aromatic rings. The topological polar surface area (TPSA) is 75.8 Å². The van der Waals surface area contributed by atoms with Crippen molar-refractivity contribution >= 4 is 17.2 Å². The van der Waals surface area contributed by atoms with E-state index in [0.29, 0.717) is 25.4 Å². The molecule has 2 heterocycles. The normalized spacial score (nSPS) is 16.3. The lowest BCUT2D eigenvalue weighted by Gasteiger charge is -2.24. The smallest absolute Gasteiger partial charge is 0.234 e. The molecule has 3 rings (SSSR count). The number of nitrogens with zero attached hydrogens (tertiary/aromatic N) is 1. The molecule has 23 heavy (non-hydrogen) atoms. The van der Waals surface area contributed by atoms with Gasteiger partial charge in [0.25, 0.3) is 0 Å². The first-order valence-electron chi connectivity index (χ1n) is 7.54. The lowest BCUT2D eigenvalue weighted by molar-refractivity contribution is -0.122. The van der Waals surface area contributed by atoms with Crippen molar-refractivity contribution < 1.29 is 14.6 Å². The molecule has 1 aliphatic heterocycles. The molecule has 1 aliphatic rings. The molecule has 122 valence electrons. The van der Waals surface area contributed by atoms with E-state index >= 15 is 0 Å². The Morgan fingerprint density at radius 2 is 2.22 bits per heavy atom. The largest absolute Gasteiger partial charge is 0.504 e. The number of aryl methyl sites for hydroxylation is 1. The Hall–Kier alpha value is -2.05. The van der Waals surface area contributed by atoms with Gasteiger partial charge in [0.05, 0.1) is 6.04 Å². The van der Waals surface area contributed by atoms with Crippen molar-refractivity contribution in [2.24, 2.45) is 5.73 Å². The first kappa shape index (κ1) is 15.8. The molecule has 1 amide bonds. The number of rotatable bonds is 3. The van der Waals surface area contributed by atoms with Crippen molar-refractivity contribution in [3.63, 3.8) is 0 Å². The Bertz CT molecular complexity index is 741. The highest BCUT2D eigenvalue weighted by molar-refractivity contribution is 7.15. The Morgan fingerprint density at radius 3 is 2.87 bits per heavy atom. The number of thiophene rings is 1. The summed E-state index contributed by atoms with van der Waals surface area (Å²) in [5.74, 6) is 0.279. The van der Waals surface area contributed by atoms with Crippen LogP contribution in [-0.4, -0.2) is 35.1 Å². The zero-order valence-electron chi connectivity index (χ0n) is 13.2. The monoisotopic (exact) mass is 332 g/mol. The Labute approximate surface area is 139 Å². The molecule has 0 saturated carbocycles. The zero-order chi connectivity index (χ0) is 16.6. The van der Waals surface area contributed by atoms with Crippen molar-refractivity contribution in [3.05, 3.63) is 34.7 Å². The van der Waals surface area contributed by atoms with Crippen molar-refractivity contribution in [1.82, 2.24) is 4.90 Å². The predicted molar refractivity (Wildman–Crippen MR) is 90.7 cm³/mol. The van der Waals surface area contributed by atoms with Crippen LogP contribution >= 0.6 is 11.3 Å². The number of aromatic hydroxyl groups is 1. The molecule has 3 N–H and O–H groups in total. The van der Waals surface area contributed by atoms with E-state index in [1.807, 2.05) is 17.0 Å². The van der Waals surface area contributed by atoms with Gasteiger partial charge in [-0.3, -0.25) is 9.69 Å². The van der Waals surface area contributed by atoms with Gasteiger partial charge in [-0.05, 0) is 43.7 Å². The van der Waals surface area contributed by atoms with Gasteiger partial charge in [0, 0.05) is 28.4 Å². The average Bonchev–Trinajstić information content (AvgIpc) is 2.81. The summed E-state index contributed by atoms with van der Waals surface area (Å²) in [5.41, 5.74) is 7.25. The van der Waals surface area contributed by atoms with Crippen molar-refractivity contribution in [2.45, 2.75) is 26.4 Å². The summed E-state index contributed by atoms with van der Waals surface area (Å²) in [4.78, 5) is 15.8. The van der Waals surface area contributed by atoms with E-state index in [4.69, 9.17) is 10.5 Å². The third kappa shape index (κ3) is 3.18. The fourth-order valence-electron chi connectivity index (χ4n) is 2.76. The van der Waals surface area contributed by atoms with Crippen LogP contribution < -0.4 is 10.5 Å². The second-order valence-corrected chi connectivity index (χ2v) is 7.08. The Balaban J connectivity index is 1.99. The maximum absolute atomic E-state index is 11.5. The van der Waals surface area contributed by atoms with E-state index in [2.05, 4.69) is 13.0 Å². The van der Waals surface area contributed by atoms with Gasteiger partial charge in [0.1, 0.15) is 6.61 Å². The molecule has 5 nitrogen and oxygen atoms in total. The van der Waals surface area contributed by atoms with Crippen molar-refractivity contribution in [3.8, 4) is 21.9 Å². The lowest BCUT2D eigenvalue weighted by Crippen LogP contribution is -2.43. The van der Waals surface area contributed by atoms with E-state index in [-0.39, 0.29) is 17.7 Å². The third-order valence-corrected chi connectivity index (χ3v) is 5.18. The average molecular weight is 332 g/mol. The number of hydrogen-bond donors (Lipinski definition) is 2. The van der Waals surface area contributed by atoms with Gasteiger partial charge in [0.15, 0.2) is 11.5 Å². The first-order chi connectivity index (χ1) is 11.0. The number of primary amides is 1. The number of phenols is 1. The van der Waals surface area contributed by atoms with E-state index in [0.717, 1.165) is 16.0 Å². The summed E-state index contributed by atoms with van der Waals surface area (Å²) in [6.07, 6.45) is 0. The number of amides is 1. The Kier molecular flexibility index (Phi) is 4.28.